The second-order valence-electron chi connectivity index (χ2n) is 6.14. The van der Waals surface area contributed by atoms with E-state index in [0.717, 1.165) is 19.6 Å². The zero-order chi connectivity index (χ0) is 14.0. The molecule has 0 bridgehead atoms. The van der Waals surface area contributed by atoms with Crippen molar-refractivity contribution in [1.29, 1.82) is 0 Å². The summed E-state index contributed by atoms with van der Waals surface area (Å²) in [5.41, 5.74) is 1.51. The highest BCUT2D eigenvalue weighted by molar-refractivity contribution is 6.42. The molecule has 1 aliphatic carbocycles. The van der Waals surface area contributed by atoms with E-state index in [1.807, 2.05) is 12.1 Å². The number of nitrogens with zero attached hydrogens (tertiary/aromatic N) is 1. The SMILES string of the molecule is Clc1ccc(N2CCCNC3(CCCCC3)C2)cc1Cl. The summed E-state index contributed by atoms with van der Waals surface area (Å²) >= 11 is 12.2. The van der Waals surface area contributed by atoms with E-state index in [-0.39, 0.29) is 0 Å². The van der Waals surface area contributed by atoms with Crippen molar-refractivity contribution >= 4 is 28.9 Å². The molecule has 1 saturated carbocycles. The molecular weight excluding hydrogens is 291 g/mol. The van der Waals surface area contributed by atoms with Crippen LogP contribution in [0.2, 0.25) is 10.0 Å². The van der Waals surface area contributed by atoms with E-state index in [0.29, 0.717) is 15.6 Å². The number of anilines is 1. The van der Waals surface area contributed by atoms with Crippen molar-refractivity contribution in [3.05, 3.63) is 28.2 Å². The highest BCUT2D eigenvalue weighted by atomic mass is 35.5. The molecule has 110 valence electrons. The van der Waals surface area contributed by atoms with Crippen LogP contribution in [-0.4, -0.2) is 25.2 Å². The second kappa shape index (κ2) is 6.13. The van der Waals surface area contributed by atoms with Gasteiger partial charge in [0, 0.05) is 24.3 Å². The van der Waals surface area contributed by atoms with E-state index in [9.17, 15) is 0 Å². The van der Waals surface area contributed by atoms with Crippen molar-refractivity contribution in [2.75, 3.05) is 24.5 Å². The third-order valence-corrected chi connectivity index (χ3v) is 5.42. The van der Waals surface area contributed by atoms with Crippen LogP contribution in [0.3, 0.4) is 0 Å². The van der Waals surface area contributed by atoms with Gasteiger partial charge in [0.25, 0.3) is 0 Å². The van der Waals surface area contributed by atoms with E-state index < -0.39 is 0 Å². The fraction of sp³-hybridized carbons (Fsp3) is 0.625. The third-order valence-electron chi connectivity index (χ3n) is 4.68. The summed E-state index contributed by atoms with van der Waals surface area (Å²) in [5, 5.41) is 5.11. The summed E-state index contributed by atoms with van der Waals surface area (Å²) in [6.07, 6.45) is 7.86. The Bertz CT molecular complexity index is 470. The molecule has 1 aromatic carbocycles. The first-order valence-electron chi connectivity index (χ1n) is 7.64. The van der Waals surface area contributed by atoms with Crippen LogP contribution in [0.1, 0.15) is 38.5 Å². The van der Waals surface area contributed by atoms with Crippen LogP contribution in [-0.2, 0) is 0 Å². The molecule has 1 aliphatic heterocycles. The quantitative estimate of drug-likeness (QED) is 0.821. The minimum atomic E-state index is 0.306. The first-order chi connectivity index (χ1) is 9.69. The van der Waals surface area contributed by atoms with Gasteiger partial charge in [-0.2, -0.15) is 0 Å². The molecule has 0 atom stereocenters. The lowest BCUT2D eigenvalue weighted by Gasteiger charge is -2.40. The fourth-order valence-electron chi connectivity index (χ4n) is 3.59. The topological polar surface area (TPSA) is 15.3 Å². The summed E-state index contributed by atoms with van der Waals surface area (Å²) < 4.78 is 0. The molecule has 1 N–H and O–H groups in total. The maximum atomic E-state index is 6.18. The van der Waals surface area contributed by atoms with Crippen molar-refractivity contribution in [3.63, 3.8) is 0 Å². The maximum Gasteiger partial charge on any atom is 0.0612 e. The molecule has 1 saturated heterocycles. The largest absolute Gasteiger partial charge is 0.370 e. The fourth-order valence-corrected chi connectivity index (χ4v) is 3.88. The Kier molecular flexibility index (Phi) is 4.44. The van der Waals surface area contributed by atoms with E-state index in [4.69, 9.17) is 23.2 Å². The van der Waals surface area contributed by atoms with Gasteiger partial charge < -0.3 is 10.2 Å². The molecule has 3 rings (SSSR count). The summed E-state index contributed by atoms with van der Waals surface area (Å²) in [7, 11) is 0. The molecule has 2 aliphatic rings. The number of nitrogens with one attached hydrogen (secondary N) is 1. The van der Waals surface area contributed by atoms with Gasteiger partial charge in [0.05, 0.1) is 10.0 Å². The number of hydrogen-bond donors (Lipinski definition) is 1. The minimum Gasteiger partial charge on any atom is -0.370 e. The van der Waals surface area contributed by atoms with Crippen molar-refractivity contribution in [2.24, 2.45) is 0 Å². The molecule has 1 heterocycles. The van der Waals surface area contributed by atoms with E-state index >= 15 is 0 Å². The molecule has 2 nitrogen and oxygen atoms in total. The predicted octanol–water partition coefficient (Wildman–Crippen LogP) is 4.50. The normalized spacial score (nSPS) is 22.8. The molecule has 1 aromatic rings. The average molecular weight is 313 g/mol. The Morgan fingerprint density at radius 3 is 2.55 bits per heavy atom. The highest BCUT2D eigenvalue weighted by Crippen LogP contribution is 2.33. The Morgan fingerprint density at radius 1 is 1.00 bits per heavy atom. The molecule has 0 radical (unpaired) electrons. The van der Waals surface area contributed by atoms with Gasteiger partial charge in [0.2, 0.25) is 0 Å². The molecule has 2 fully saturated rings. The van der Waals surface area contributed by atoms with Crippen LogP contribution < -0.4 is 10.2 Å². The average Bonchev–Trinajstić information content (AvgIpc) is 2.66. The molecular formula is C16H22Cl2N2. The van der Waals surface area contributed by atoms with Crippen LogP contribution in [0.25, 0.3) is 0 Å². The molecule has 20 heavy (non-hydrogen) atoms. The first kappa shape index (κ1) is 14.5. The minimum absolute atomic E-state index is 0.306. The van der Waals surface area contributed by atoms with E-state index in [1.54, 1.807) is 0 Å². The molecule has 4 heteroatoms. The van der Waals surface area contributed by atoms with E-state index in [2.05, 4.69) is 16.3 Å². The maximum absolute atomic E-state index is 6.18. The number of hydrogen-bond acceptors (Lipinski definition) is 2. The van der Waals surface area contributed by atoms with Crippen molar-refractivity contribution in [1.82, 2.24) is 5.32 Å². The summed E-state index contributed by atoms with van der Waals surface area (Å²) in [6, 6.07) is 6.01. The molecule has 0 aromatic heterocycles. The summed E-state index contributed by atoms with van der Waals surface area (Å²) in [4.78, 5) is 2.48. The van der Waals surface area contributed by atoms with E-state index in [1.165, 1.54) is 44.2 Å². The van der Waals surface area contributed by atoms with Gasteiger partial charge in [-0.15, -0.1) is 0 Å². The van der Waals surface area contributed by atoms with Gasteiger partial charge in [-0.3, -0.25) is 0 Å². The van der Waals surface area contributed by atoms with Crippen LogP contribution in [0.5, 0.6) is 0 Å². The monoisotopic (exact) mass is 312 g/mol. The third kappa shape index (κ3) is 3.08. The Labute approximate surface area is 131 Å². The van der Waals surface area contributed by atoms with Crippen LogP contribution >= 0.6 is 23.2 Å². The number of halogens is 2. The molecule has 0 amide bonds. The Morgan fingerprint density at radius 2 is 1.80 bits per heavy atom. The molecule has 0 unspecified atom stereocenters. The number of rotatable bonds is 1. The first-order valence-corrected chi connectivity index (χ1v) is 8.39. The lowest BCUT2D eigenvalue weighted by molar-refractivity contribution is 0.246. The smallest absolute Gasteiger partial charge is 0.0612 e. The van der Waals surface area contributed by atoms with Gasteiger partial charge in [-0.25, -0.2) is 0 Å². The summed E-state index contributed by atoms with van der Waals surface area (Å²) in [6.45, 7) is 3.30. The highest BCUT2D eigenvalue weighted by Gasteiger charge is 2.34. The van der Waals surface area contributed by atoms with Gasteiger partial charge in [-0.1, -0.05) is 42.5 Å². The van der Waals surface area contributed by atoms with Crippen LogP contribution in [0.15, 0.2) is 18.2 Å². The van der Waals surface area contributed by atoms with Gasteiger partial charge >= 0.3 is 0 Å². The van der Waals surface area contributed by atoms with Crippen LogP contribution in [0, 0.1) is 0 Å². The van der Waals surface area contributed by atoms with Crippen molar-refractivity contribution in [2.45, 2.75) is 44.1 Å². The summed E-state index contributed by atoms with van der Waals surface area (Å²) in [5.74, 6) is 0. The lowest BCUT2D eigenvalue weighted by Crippen LogP contribution is -2.52. The van der Waals surface area contributed by atoms with Crippen molar-refractivity contribution < 1.29 is 0 Å². The van der Waals surface area contributed by atoms with Crippen LogP contribution in [0.4, 0.5) is 5.69 Å². The van der Waals surface area contributed by atoms with Gasteiger partial charge in [0.1, 0.15) is 0 Å². The van der Waals surface area contributed by atoms with Gasteiger partial charge in [0.15, 0.2) is 0 Å². The second-order valence-corrected chi connectivity index (χ2v) is 6.96. The van der Waals surface area contributed by atoms with Gasteiger partial charge in [-0.05, 0) is 44.0 Å². The predicted molar refractivity (Wildman–Crippen MR) is 87.1 cm³/mol. The zero-order valence-electron chi connectivity index (χ0n) is 11.8. The Hall–Kier alpha value is -0.440. The zero-order valence-corrected chi connectivity index (χ0v) is 13.3. The van der Waals surface area contributed by atoms with Crippen molar-refractivity contribution in [3.8, 4) is 0 Å². The number of benzene rings is 1. The standard InChI is InChI=1S/C16H22Cl2N2/c17-14-6-5-13(11-15(14)18)20-10-4-9-19-16(12-20)7-2-1-3-8-16/h5-6,11,19H,1-4,7-10,12H2. The Balaban J connectivity index is 1.82. The molecule has 1 spiro atoms. The lowest BCUT2D eigenvalue weighted by atomic mass is 9.81.